The predicted molar refractivity (Wildman–Crippen MR) is 158 cm³/mol. The number of nitrogens with zero attached hydrogens (tertiary/aromatic N) is 3. The van der Waals surface area contributed by atoms with Gasteiger partial charge in [0.25, 0.3) is 0 Å². The fourth-order valence-corrected chi connectivity index (χ4v) is 5.37. The molecule has 0 saturated carbocycles. The second-order valence-corrected chi connectivity index (χ2v) is 9.71. The van der Waals surface area contributed by atoms with E-state index in [1.807, 2.05) is 48.5 Å². The van der Waals surface area contributed by atoms with Crippen molar-refractivity contribution in [3.05, 3.63) is 127 Å². The third kappa shape index (κ3) is 3.65. The van der Waals surface area contributed by atoms with Gasteiger partial charge in [-0.2, -0.15) is 0 Å². The topological polar surface area (TPSA) is 51.8 Å². The third-order valence-electron chi connectivity index (χ3n) is 7.29. The van der Waals surface area contributed by atoms with Gasteiger partial charge in [0.1, 0.15) is 11.2 Å². The average Bonchev–Trinajstić information content (AvgIpc) is 3.40. The molecule has 0 unspecified atom stereocenters. The zero-order valence-corrected chi connectivity index (χ0v) is 20.9. The summed E-state index contributed by atoms with van der Waals surface area (Å²) in [7, 11) is 0. The molecule has 0 aliphatic carbocycles. The molecule has 8 rings (SSSR count). The quantitative estimate of drug-likeness (QED) is 0.243. The fraction of sp³-hybridized carbons (Fsp3) is 0. The maximum Gasteiger partial charge on any atom is 0.164 e. The Kier molecular flexibility index (Phi) is 4.79. The molecule has 8 aromatic rings. The van der Waals surface area contributed by atoms with Crippen LogP contribution in [0.2, 0.25) is 0 Å². The van der Waals surface area contributed by atoms with Gasteiger partial charge in [-0.25, -0.2) is 15.0 Å². The first-order valence-corrected chi connectivity index (χ1v) is 13.0. The molecule has 0 spiro atoms. The minimum atomic E-state index is 0.645. The van der Waals surface area contributed by atoms with Crippen molar-refractivity contribution in [2.45, 2.75) is 0 Å². The molecular formula is C35H21N3O. The Morgan fingerprint density at radius 2 is 1.00 bits per heavy atom. The van der Waals surface area contributed by atoms with Crippen LogP contribution in [0.15, 0.2) is 132 Å². The molecule has 4 heteroatoms. The molecule has 0 N–H and O–H groups in total. The van der Waals surface area contributed by atoms with Gasteiger partial charge in [-0.15, -0.1) is 0 Å². The highest BCUT2D eigenvalue weighted by molar-refractivity contribution is 6.19. The van der Waals surface area contributed by atoms with Crippen LogP contribution in [0.3, 0.4) is 0 Å². The normalized spacial score (nSPS) is 11.6. The first kappa shape index (κ1) is 21.7. The minimum absolute atomic E-state index is 0.645. The largest absolute Gasteiger partial charge is 0.456 e. The lowest BCUT2D eigenvalue weighted by Gasteiger charge is -2.10. The van der Waals surface area contributed by atoms with Gasteiger partial charge in [0.2, 0.25) is 0 Å². The third-order valence-corrected chi connectivity index (χ3v) is 7.29. The van der Waals surface area contributed by atoms with Crippen molar-refractivity contribution in [1.29, 1.82) is 0 Å². The summed E-state index contributed by atoms with van der Waals surface area (Å²) in [5.41, 5.74) is 4.64. The molecule has 0 radical (unpaired) electrons. The van der Waals surface area contributed by atoms with Crippen LogP contribution >= 0.6 is 0 Å². The summed E-state index contributed by atoms with van der Waals surface area (Å²) in [4.78, 5) is 14.8. The second kappa shape index (κ2) is 8.61. The van der Waals surface area contributed by atoms with E-state index < -0.39 is 0 Å². The number of hydrogen-bond acceptors (Lipinski definition) is 4. The molecule has 0 atom stereocenters. The highest BCUT2D eigenvalue weighted by Gasteiger charge is 2.15. The van der Waals surface area contributed by atoms with E-state index in [1.165, 1.54) is 5.39 Å². The van der Waals surface area contributed by atoms with E-state index in [0.29, 0.717) is 17.5 Å². The number of aromatic nitrogens is 3. The molecule has 2 heterocycles. The second-order valence-electron chi connectivity index (χ2n) is 9.71. The van der Waals surface area contributed by atoms with E-state index in [0.717, 1.165) is 54.8 Å². The van der Waals surface area contributed by atoms with Gasteiger partial charge in [0, 0.05) is 27.5 Å². The van der Waals surface area contributed by atoms with Crippen LogP contribution in [0.25, 0.3) is 77.6 Å². The summed E-state index contributed by atoms with van der Waals surface area (Å²) >= 11 is 0. The van der Waals surface area contributed by atoms with E-state index >= 15 is 0 Å². The Morgan fingerprint density at radius 1 is 0.385 bits per heavy atom. The van der Waals surface area contributed by atoms with E-state index in [4.69, 9.17) is 19.4 Å². The molecule has 39 heavy (non-hydrogen) atoms. The molecule has 0 aliphatic heterocycles. The lowest BCUT2D eigenvalue weighted by atomic mass is 10.0. The summed E-state index contributed by atoms with van der Waals surface area (Å²) in [5.74, 6) is 1.95. The summed E-state index contributed by atoms with van der Waals surface area (Å²) in [6, 6.07) is 43.5. The Labute approximate surface area is 224 Å². The first-order valence-electron chi connectivity index (χ1n) is 13.0. The maximum absolute atomic E-state index is 6.10. The molecule has 0 saturated heterocycles. The van der Waals surface area contributed by atoms with Crippen molar-refractivity contribution in [3.8, 4) is 34.2 Å². The van der Waals surface area contributed by atoms with Crippen molar-refractivity contribution >= 4 is 43.5 Å². The Morgan fingerprint density at radius 3 is 1.82 bits per heavy atom. The smallest absolute Gasteiger partial charge is 0.164 e. The zero-order valence-electron chi connectivity index (χ0n) is 20.9. The van der Waals surface area contributed by atoms with Crippen molar-refractivity contribution in [3.63, 3.8) is 0 Å². The van der Waals surface area contributed by atoms with Gasteiger partial charge < -0.3 is 4.42 Å². The molecule has 0 bridgehead atoms. The summed E-state index contributed by atoms with van der Waals surface area (Å²) in [6.07, 6.45) is 0. The van der Waals surface area contributed by atoms with Gasteiger partial charge in [0.05, 0.1) is 0 Å². The molecule has 182 valence electrons. The fourth-order valence-electron chi connectivity index (χ4n) is 5.37. The maximum atomic E-state index is 6.10. The zero-order chi connectivity index (χ0) is 25.8. The standard InChI is InChI=1S/C35H21N3O/c1-2-9-23(10-3-1)33-36-34(26-15-14-22-8-4-5-11-24(22)20-26)38-35(37-33)27-16-18-28-25(21-27)17-19-31-32(28)29-12-6-7-13-30(29)39-31/h1-21H. The molecule has 2 aromatic heterocycles. The summed E-state index contributed by atoms with van der Waals surface area (Å²) < 4.78 is 6.10. The molecule has 0 fully saturated rings. The van der Waals surface area contributed by atoms with Crippen LogP contribution in [0.5, 0.6) is 0 Å². The van der Waals surface area contributed by atoms with Gasteiger partial charge in [-0.1, -0.05) is 103 Å². The summed E-state index contributed by atoms with van der Waals surface area (Å²) in [5, 5.41) is 6.85. The van der Waals surface area contributed by atoms with Crippen LogP contribution in [0.4, 0.5) is 0 Å². The molecule has 0 aliphatic rings. The number of hydrogen-bond donors (Lipinski definition) is 0. The van der Waals surface area contributed by atoms with E-state index in [-0.39, 0.29) is 0 Å². The molecule has 0 amide bonds. The summed E-state index contributed by atoms with van der Waals surface area (Å²) in [6.45, 7) is 0. The monoisotopic (exact) mass is 499 g/mol. The SMILES string of the molecule is c1ccc(-c2nc(-c3ccc4ccccc4c3)nc(-c3ccc4c(ccc5oc6ccccc6c54)c3)n2)cc1. The van der Waals surface area contributed by atoms with Crippen LogP contribution in [0.1, 0.15) is 0 Å². The molecule has 6 aromatic carbocycles. The first-order chi connectivity index (χ1) is 19.3. The van der Waals surface area contributed by atoms with Crippen LogP contribution in [-0.2, 0) is 0 Å². The Bertz CT molecular complexity index is 2180. The number of fused-ring (bicyclic) bond motifs is 6. The van der Waals surface area contributed by atoms with Crippen molar-refractivity contribution in [2.24, 2.45) is 0 Å². The van der Waals surface area contributed by atoms with Gasteiger partial charge in [0.15, 0.2) is 17.5 Å². The van der Waals surface area contributed by atoms with E-state index in [9.17, 15) is 0 Å². The highest BCUT2D eigenvalue weighted by Crippen LogP contribution is 2.36. The minimum Gasteiger partial charge on any atom is -0.456 e. The lowest BCUT2D eigenvalue weighted by Crippen LogP contribution is -2.00. The van der Waals surface area contributed by atoms with E-state index in [2.05, 4.69) is 78.9 Å². The van der Waals surface area contributed by atoms with Crippen molar-refractivity contribution in [1.82, 2.24) is 15.0 Å². The Hall–Kier alpha value is -5.35. The number of rotatable bonds is 3. The van der Waals surface area contributed by atoms with Crippen LogP contribution < -0.4 is 0 Å². The average molecular weight is 500 g/mol. The van der Waals surface area contributed by atoms with Crippen molar-refractivity contribution < 1.29 is 4.42 Å². The number of benzene rings is 6. The Balaban J connectivity index is 1.33. The lowest BCUT2D eigenvalue weighted by molar-refractivity contribution is 0.669. The molecule has 4 nitrogen and oxygen atoms in total. The highest BCUT2D eigenvalue weighted by atomic mass is 16.3. The number of furan rings is 1. The van der Waals surface area contributed by atoms with Crippen molar-refractivity contribution in [2.75, 3.05) is 0 Å². The van der Waals surface area contributed by atoms with Crippen LogP contribution in [0, 0.1) is 0 Å². The van der Waals surface area contributed by atoms with Gasteiger partial charge >= 0.3 is 0 Å². The van der Waals surface area contributed by atoms with Gasteiger partial charge in [-0.3, -0.25) is 0 Å². The van der Waals surface area contributed by atoms with Crippen LogP contribution in [-0.4, -0.2) is 15.0 Å². The van der Waals surface area contributed by atoms with E-state index in [1.54, 1.807) is 0 Å². The predicted octanol–water partition coefficient (Wildman–Crippen LogP) is 9.08. The molecular weight excluding hydrogens is 478 g/mol. The van der Waals surface area contributed by atoms with Gasteiger partial charge in [-0.05, 0) is 45.8 Å². The number of para-hydroxylation sites is 1.